The summed E-state index contributed by atoms with van der Waals surface area (Å²) in [6.45, 7) is 2.98. The summed E-state index contributed by atoms with van der Waals surface area (Å²) < 4.78 is 31.1. The van der Waals surface area contributed by atoms with Crippen LogP contribution in [0.1, 0.15) is 22.8 Å². The zero-order valence-corrected chi connectivity index (χ0v) is 15.3. The predicted octanol–water partition coefficient (Wildman–Crippen LogP) is 2.27. The van der Waals surface area contributed by atoms with Gasteiger partial charge >= 0.3 is 0 Å². The second kappa shape index (κ2) is 8.13. The van der Waals surface area contributed by atoms with E-state index in [1.807, 2.05) is 31.2 Å². The number of nitrogens with one attached hydrogen (secondary N) is 1. The molecular weight excluding hydrogens is 340 g/mol. The number of carbonyl (C=O) groups is 1. The highest BCUT2D eigenvalue weighted by atomic mass is 32.2. The highest BCUT2D eigenvalue weighted by molar-refractivity contribution is 7.89. The van der Waals surface area contributed by atoms with Crippen LogP contribution in [0.25, 0.3) is 0 Å². The van der Waals surface area contributed by atoms with Gasteiger partial charge in [-0.25, -0.2) is 13.1 Å². The molecule has 6 nitrogen and oxygen atoms in total. The lowest BCUT2D eigenvalue weighted by Crippen LogP contribution is -2.26. The van der Waals surface area contributed by atoms with Crippen molar-refractivity contribution >= 4 is 15.9 Å². The largest absolute Gasteiger partial charge is 0.494 e. The van der Waals surface area contributed by atoms with E-state index in [2.05, 4.69) is 4.72 Å². The zero-order valence-electron chi connectivity index (χ0n) is 14.5. The van der Waals surface area contributed by atoms with Crippen LogP contribution in [0.15, 0.2) is 53.4 Å². The Balaban J connectivity index is 2.06. The lowest BCUT2D eigenvalue weighted by Gasteiger charge is -2.18. The Morgan fingerprint density at radius 2 is 1.68 bits per heavy atom. The molecule has 1 N–H and O–H groups in total. The van der Waals surface area contributed by atoms with E-state index in [4.69, 9.17) is 4.74 Å². The van der Waals surface area contributed by atoms with Crippen molar-refractivity contribution in [2.75, 3.05) is 20.7 Å². The SMILES string of the molecule is CCOc1ccc(CN(C)C(=O)c2ccc(S(=O)(=O)NC)cc2)cc1. The van der Waals surface area contributed by atoms with Gasteiger partial charge in [-0.3, -0.25) is 4.79 Å². The lowest BCUT2D eigenvalue weighted by molar-refractivity contribution is 0.0785. The summed E-state index contributed by atoms with van der Waals surface area (Å²) in [7, 11) is -0.453. The average Bonchev–Trinajstić information content (AvgIpc) is 2.63. The molecule has 0 unspecified atom stereocenters. The van der Waals surface area contributed by atoms with Gasteiger partial charge in [0.05, 0.1) is 11.5 Å². The molecule has 7 heteroatoms. The van der Waals surface area contributed by atoms with Gasteiger partial charge in [-0.15, -0.1) is 0 Å². The molecule has 134 valence electrons. The van der Waals surface area contributed by atoms with Crippen molar-refractivity contribution in [2.45, 2.75) is 18.4 Å². The summed E-state index contributed by atoms with van der Waals surface area (Å²) >= 11 is 0. The molecule has 0 aliphatic rings. The van der Waals surface area contributed by atoms with Crippen molar-refractivity contribution in [1.82, 2.24) is 9.62 Å². The van der Waals surface area contributed by atoms with Crippen LogP contribution in [0.3, 0.4) is 0 Å². The van der Waals surface area contributed by atoms with Crippen LogP contribution in [0, 0.1) is 0 Å². The third-order valence-corrected chi connectivity index (χ3v) is 5.11. The van der Waals surface area contributed by atoms with Crippen molar-refractivity contribution in [3.05, 3.63) is 59.7 Å². The van der Waals surface area contributed by atoms with Gasteiger partial charge in [-0.1, -0.05) is 12.1 Å². The van der Waals surface area contributed by atoms with Crippen molar-refractivity contribution in [2.24, 2.45) is 0 Å². The molecule has 0 saturated heterocycles. The van der Waals surface area contributed by atoms with Gasteiger partial charge in [0.1, 0.15) is 5.75 Å². The van der Waals surface area contributed by atoms with Crippen LogP contribution >= 0.6 is 0 Å². The van der Waals surface area contributed by atoms with Gasteiger partial charge < -0.3 is 9.64 Å². The molecule has 0 aliphatic heterocycles. The summed E-state index contributed by atoms with van der Waals surface area (Å²) in [6.07, 6.45) is 0. The van der Waals surface area contributed by atoms with Gasteiger partial charge in [0.25, 0.3) is 5.91 Å². The first-order valence-electron chi connectivity index (χ1n) is 7.88. The molecule has 0 saturated carbocycles. The minimum absolute atomic E-state index is 0.126. The number of sulfonamides is 1. The van der Waals surface area contributed by atoms with Gasteiger partial charge in [0.2, 0.25) is 10.0 Å². The minimum atomic E-state index is -3.51. The Kier molecular flexibility index (Phi) is 6.17. The van der Waals surface area contributed by atoms with E-state index >= 15 is 0 Å². The second-order valence-corrected chi connectivity index (χ2v) is 7.36. The summed E-state index contributed by atoms with van der Waals surface area (Å²) in [5.41, 5.74) is 1.41. The highest BCUT2D eigenvalue weighted by Crippen LogP contribution is 2.15. The lowest BCUT2D eigenvalue weighted by atomic mass is 10.1. The normalized spacial score (nSPS) is 11.2. The van der Waals surface area contributed by atoms with Crippen LogP contribution in [0.2, 0.25) is 0 Å². The molecule has 0 aliphatic carbocycles. The van der Waals surface area contributed by atoms with E-state index < -0.39 is 10.0 Å². The number of hydrogen-bond acceptors (Lipinski definition) is 4. The van der Waals surface area contributed by atoms with Gasteiger partial charge in [0, 0.05) is 19.2 Å². The molecule has 0 bridgehead atoms. The number of rotatable bonds is 7. The molecule has 0 heterocycles. The van der Waals surface area contributed by atoms with Crippen molar-refractivity contribution in [3.8, 4) is 5.75 Å². The Bertz CT molecular complexity index is 815. The number of amides is 1. The Morgan fingerprint density at radius 1 is 1.08 bits per heavy atom. The Morgan fingerprint density at radius 3 is 2.20 bits per heavy atom. The van der Waals surface area contributed by atoms with Gasteiger partial charge in [-0.2, -0.15) is 0 Å². The number of ether oxygens (including phenoxy) is 1. The van der Waals surface area contributed by atoms with Crippen LogP contribution < -0.4 is 9.46 Å². The van der Waals surface area contributed by atoms with E-state index in [9.17, 15) is 13.2 Å². The van der Waals surface area contributed by atoms with Crippen LogP contribution in [-0.2, 0) is 16.6 Å². The number of carbonyl (C=O) groups excluding carboxylic acids is 1. The monoisotopic (exact) mass is 362 g/mol. The minimum Gasteiger partial charge on any atom is -0.494 e. The van der Waals surface area contributed by atoms with Crippen LogP contribution in [-0.4, -0.2) is 39.9 Å². The fraction of sp³-hybridized carbons (Fsp3) is 0.278. The Hall–Kier alpha value is -2.38. The quantitative estimate of drug-likeness (QED) is 0.820. The van der Waals surface area contributed by atoms with Crippen molar-refractivity contribution in [3.63, 3.8) is 0 Å². The third-order valence-electron chi connectivity index (χ3n) is 3.68. The highest BCUT2D eigenvalue weighted by Gasteiger charge is 2.15. The molecule has 1 amide bonds. The molecule has 25 heavy (non-hydrogen) atoms. The van der Waals surface area contributed by atoms with E-state index in [1.54, 1.807) is 11.9 Å². The maximum absolute atomic E-state index is 12.5. The van der Waals surface area contributed by atoms with E-state index in [0.29, 0.717) is 18.7 Å². The maximum atomic E-state index is 12.5. The van der Waals surface area contributed by atoms with E-state index in [0.717, 1.165) is 11.3 Å². The predicted molar refractivity (Wildman–Crippen MR) is 96.1 cm³/mol. The van der Waals surface area contributed by atoms with Crippen molar-refractivity contribution < 1.29 is 17.9 Å². The molecule has 0 fully saturated rings. The molecule has 0 atom stereocenters. The Labute approximate surface area is 148 Å². The topological polar surface area (TPSA) is 75.7 Å². The molecule has 0 aromatic heterocycles. The molecular formula is C18H22N2O4S. The molecule has 0 radical (unpaired) electrons. The molecule has 2 aromatic carbocycles. The first-order chi connectivity index (χ1) is 11.9. The molecule has 0 spiro atoms. The summed E-state index contributed by atoms with van der Waals surface area (Å²) in [4.78, 5) is 14.2. The first-order valence-corrected chi connectivity index (χ1v) is 9.36. The maximum Gasteiger partial charge on any atom is 0.253 e. The smallest absolute Gasteiger partial charge is 0.253 e. The number of nitrogens with zero attached hydrogens (tertiary/aromatic N) is 1. The van der Waals surface area contributed by atoms with Gasteiger partial charge in [-0.05, 0) is 55.9 Å². The third kappa shape index (κ3) is 4.80. The van der Waals surface area contributed by atoms with E-state index in [-0.39, 0.29) is 10.8 Å². The fourth-order valence-electron chi connectivity index (χ4n) is 2.32. The fourth-order valence-corrected chi connectivity index (χ4v) is 3.05. The average molecular weight is 362 g/mol. The molecule has 2 aromatic rings. The second-order valence-electron chi connectivity index (χ2n) is 5.47. The first kappa shape index (κ1) is 19.0. The van der Waals surface area contributed by atoms with E-state index in [1.165, 1.54) is 31.3 Å². The van der Waals surface area contributed by atoms with Crippen LogP contribution in [0.5, 0.6) is 5.75 Å². The summed E-state index contributed by atoms with van der Waals surface area (Å²) in [6, 6.07) is 13.4. The zero-order chi connectivity index (χ0) is 18.4. The van der Waals surface area contributed by atoms with Crippen LogP contribution in [0.4, 0.5) is 0 Å². The standard InChI is InChI=1S/C18H22N2O4S/c1-4-24-16-9-5-14(6-10-16)13-20(3)18(21)15-7-11-17(12-8-15)25(22,23)19-2/h5-12,19H,4,13H2,1-3H3. The van der Waals surface area contributed by atoms with Gasteiger partial charge in [0.15, 0.2) is 0 Å². The summed E-state index contributed by atoms with van der Waals surface area (Å²) in [5.74, 6) is 0.615. The number of hydrogen-bond donors (Lipinski definition) is 1. The van der Waals surface area contributed by atoms with Crippen molar-refractivity contribution in [1.29, 1.82) is 0 Å². The summed E-state index contributed by atoms with van der Waals surface area (Å²) in [5, 5.41) is 0. The number of benzene rings is 2. The molecule has 2 rings (SSSR count).